The molecule has 30 heavy (non-hydrogen) atoms. The topological polar surface area (TPSA) is 93.0 Å². The first-order chi connectivity index (χ1) is 14.5. The Bertz CT molecular complexity index is 852. The molecule has 2 heterocycles. The summed E-state index contributed by atoms with van der Waals surface area (Å²) in [4.78, 5) is 27.1. The van der Waals surface area contributed by atoms with Gasteiger partial charge < -0.3 is 29.4 Å². The number of ether oxygens (including phenoxy) is 2. The van der Waals surface area contributed by atoms with Crippen molar-refractivity contribution in [3.05, 3.63) is 47.9 Å². The van der Waals surface area contributed by atoms with Crippen LogP contribution < -0.4 is 20.1 Å². The Hall–Kier alpha value is -3.16. The van der Waals surface area contributed by atoms with Crippen LogP contribution in [0, 0.1) is 5.92 Å². The number of likely N-dealkylation sites (tertiary alicyclic amines) is 1. The van der Waals surface area contributed by atoms with Crippen LogP contribution in [0.25, 0.3) is 0 Å². The van der Waals surface area contributed by atoms with E-state index in [1.807, 2.05) is 31.2 Å². The van der Waals surface area contributed by atoms with Gasteiger partial charge in [0.05, 0.1) is 32.9 Å². The van der Waals surface area contributed by atoms with Crippen LogP contribution in [0.4, 0.5) is 4.79 Å². The molecule has 1 aliphatic heterocycles. The normalized spacial score (nSPS) is 18.6. The van der Waals surface area contributed by atoms with Crippen molar-refractivity contribution in [3.8, 4) is 11.5 Å². The lowest BCUT2D eigenvalue weighted by atomic mass is 9.84. The van der Waals surface area contributed by atoms with Crippen molar-refractivity contribution < 1.29 is 23.5 Å². The van der Waals surface area contributed by atoms with Crippen molar-refractivity contribution in [1.82, 2.24) is 15.5 Å². The smallest absolute Gasteiger partial charge is 0.317 e. The Morgan fingerprint density at radius 3 is 2.60 bits per heavy atom. The zero-order valence-electron chi connectivity index (χ0n) is 17.6. The third-order valence-electron chi connectivity index (χ3n) is 5.33. The Morgan fingerprint density at radius 1 is 1.13 bits per heavy atom. The molecule has 1 aliphatic rings. The number of amides is 3. The van der Waals surface area contributed by atoms with Gasteiger partial charge in [-0.25, -0.2) is 4.79 Å². The van der Waals surface area contributed by atoms with Gasteiger partial charge in [0, 0.05) is 25.6 Å². The number of urea groups is 1. The van der Waals surface area contributed by atoms with Crippen molar-refractivity contribution in [2.75, 3.05) is 33.9 Å². The maximum Gasteiger partial charge on any atom is 0.317 e. The predicted molar refractivity (Wildman–Crippen MR) is 112 cm³/mol. The molecule has 2 N–H and O–H groups in total. The first kappa shape index (κ1) is 21.5. The highest BCUT2D eigenvalue weighted by Gasteiger charge is 2.34. The molecule has 8 nitrogen and oxygen atoms in total. The Morgan fingerprint density at radius 2 is 1.93 bits per heavy atom. The SMILES string of the molecule is CCNC(=O)N1C[C@H](C(=O)NCc2ccco2)C[C@@H](c2ccc(OC)c(OC)c2)C1. The summed E-state index contributed by atoms with van der Waals surface area (Å²) < 4.78 is 16.0. The second kappa shape index (κ2) is 10.0. The van der Waals surface area contributed by atoms with E-state index in [1.54, 1.807) is 31.4 Å². The van der Waals surface area contributed by atoms with Gasteiger partial charge in [-0.3, -0.25) is 4.79 Å². The fourth-order valence-corrected chi connectivity index (χ4v) is 3.80. The Labute approximate surface area is 176 Å². The third kappa shape index (κ3) is 5.06. The Kier molecular flexibility index (Phi) is 7.21. The monoisotopic (exact) mass is 415 g/mol. The first-order valence-electron chi connectivity index (χ1n) is 10.1. The van der Waals surface area contributed by atoms with E-state index in [0.717, 1.165) is 5.56 Å². The number of benzene rings is 1. The van der Waals surface area contributed by atoms with Crippen LogP contribution in [0.3, 0.4) is 0 Å². The minimum atomic E-state index is -0.325. The molecule has 0 radical (unpaired) electrons. The number of nitrogens with zero attached hydrogens (tertiary/aromatic N) is 1. The number of furan rings is 1. The van der Waals surface area contributed by atoms with Gasteiger partial charge >= 0.3 is 6.03 Å². The molecule has 162 valence electrons. The minimum absolute atomic E-state index is 0.000486. The van der Waals surface area contributed by atoms with E-state index < -0.39 is 0 Å². The van der Waals surface area contributed by atoms with Gasteiger partial charge in [-0.05, 0) is 43.2 Å². The van der Waals surface area contributed by atoms with Crippen LogP contribution in [-0.2, 0) is 11.3 Å². The second-order valence-electron chi connectivity index (χ2n) is 7.28. The van der Waals surface area contributed by atoms with Gasteiger partial charge in [0.25, 0.3) is 0 Å². The van der Waals surface area contributed by atoms with Crippen LogP contribution >= 0.6 is 0 Å². The van der Waals surface area contributed by atoms with Crippen LogP contribution in [0.1, 0.15) is 30.6 Å². The van der Waals surface area contributed by atoms with Gasteiger partial charge in [-0.15, -0.1) is 0 Å². The van der Waals surface area contributed by atoms with Crippen molar-refractivity contribution in [2.24, 2.45) is 5.92 Å². The predicted octanol–water partition coefficient (Wildman–Crippen LogP) is 2.75. The van der Waals surface area contributed by atoms with Gasteiger partial charge in [0.1, 0.15) is 5.76 Å². The maximum atomic E-state index is 12.9. The van der Waals surface area contributed by atoms with E-state index in [4.69, 9.17) is 13.9 Å². The largest absolute Gasteiger partial charge is 0.493 e. The molecule has 0 aliphatic carbocycles. The summed E-state index contributed by atoms with van der Waals surface area (Å²) in [6.45, 7) is 3.64. The molecule has 0 spiro atoms. The van der Waals surface area contributed by atoms with Gasteiger partial charge in [-0.2, -0.15) is 0 Å². The van der Waals surface area contributed by atoms with Crippen LogP contribution in [0.2, 0.25) is 0 Å². The number of hydrogen-bond donors (Lipinski definition) is 2. The molecule has 3 rings (SSSR count). The number of piperidine rings is 1. The number of hydrogen-bond acceptors (Lipinski definition) is 5. The fraction of sp³-hybridized carbons (Fsp3) is 0.455. The highest BCUT2D eigenvalue weighted by molar-refractivity contribution is 5.81. The molecule has 0 unspecified atom stereocenters. The third-order valence-corrected chi connectivity index (χ3v) is 5.33. The fourth-order valence-electron chi connectivity index (χ4n) is 3.80. The first-order valence-corrected chi connectivity index (χ1v) is 10.1. The van der Waals surface area contributed by atoms with Gasteiger partial charge in [0.15, 0.2) is 11.5 Å². The van der Waals surface area contributed by atoms with E-state index in [9.17, 15) is 9.59 Å². The maximum absolute atomic E-state index is 12.9. The highest BCUT2D eigenvalue weighted by atomic mass is 16.5. The molecule has 1 saturated heterocycles. The van der Waals surface area contributed by atoms with Crippen LogP contribution in [0.5, 0.6) is 11.5 Å². The van der Waals surface area contributed by atoms with Crippen molar-refractivity contribution in [3.63, 3.8) is 0 Å². The standard InChI is InChI=1S/C22H29N3O5/c1-4-23-22(27)25-13-16(15-7-8-19(28-2)20(11-15)29-3)10-17(14-25)21(26)24-12-18-6-5-9-30-18/h5-9,11,16-17H,4,10,12-14H2,1-3H3,(H,23,27)(H,24,26)/t16-,17-/m1/s1. The molecular weight excluding hydrogens is 386 g/mol. The summed E-state index contributed by atoms with van der Waals surface area (Å²) in [5, 5.41) is 5.76. The molecule has 0 bridgehead atoms. The van der Waals surface area contributed by atoms with E-state index in [-0.39, 0.29) is 23.8 Å². The zero-order valence-corrected chi connectivity index (χ0v) is 17.6. The van der Waals surface area contributed by atoms with Crippen LogP contribution in [0.15, 0.2) is 41.0 Å². The molecule has 1 aromatic carbocycles. The lowest BCUT2D eigenvalue weighted by molar-refractivity contribution is -0.126. The molecule has 8 heteroatoms. The molecule has 1 fully saturated rings. The number of rotatable bonds is 7. The van der Waals surface area contributed by atoms with Crippen molar-refractivity contribution in [1.29, 1.82) is 0 Å². The highest BCUT2D eigenvalue weighted by Crippen LogP contribution is 2.35. The lowest BCUT2D eigenvalue weighted by Gasteiger charge is -2.37. The quantitative estimate of drug-likeness (QED) is 0.725. The summed E-state index contributed by atoms with van der Waals surface area (Å²) in [6.07, 6.45) is 2.21. The van der Waals surface area contributed by atoms with Crippen molar-refractivity contribution in [2.45, 2.75) is 25.8 Å². The van der Waals surface area contributed by atoms with Crippen molar-refractivity contribution >= 4 is 11.9 Å². The van der Waals surface area contributed by atoms with E-state index >= 15 is 0 Å². The number of carbonyl (C=O) groups is 2. The van der Waals surface area contributed by atoms with E-state index in [1.165, 1.54) is 0 Å². The molecule has 3 amide bonds. The molecule has 0 saturated carbocycles. The number of carbonyl (C=O) groups excluding carboxylic acids is 2. The van der Waals surface area contributed by atoms with E-state index in [2.05, 4.69) is 10.6 Å². The summed E-state index contributed by atoms with van der Waals surface area (Å²) in [6, 6.07) is 9.17. The molecule has 1 aromatic heterocycles. The summed E-state index contributed by atoms with van der Waals surface area (Å²) in [7, 11) is 3.18. The Balaban J connectivity index is 1.78. The van der Waals surface area contributed by atoms with Gasteiger partial charge in [0.2, 0.25) is 5.91 Å². The average Bonchev–Trinajstić information content (AvgIpc) is 3.30. The number of methoxy groups -OCH3 is 2. The van der Waals surface area contributed by atoms with E-state index in [0.29, 0.717) is 49.9 Å². The number of nitrogens with one attached hydrogen (secondary N) is 2. The molecular formula is C22H29N3O5. The van der Waals surface area contributed by atoms with Gasteiger partial charge in [-0.1, -0.05) is 6.07 Å². The molecule has 2 atom stereocenters. The lowest BCUT2D eigenvalue weighted by Crippen LogP contribution is -2.51. The van der Waals surface area contributed by atoms with Crippen LogP contribution in [-0.4, -0.2) is 50.7 Å². The summed E-state index contributed by atoms with van der Waals surface area (Å²) >= 11 is 0. The summed E-state index contributed by atoms with van der Waals surface area (Å²) in [5.74, 6) is 1.55. The summed E-state index contributed by atoms with van der Waals surface area (Å²) in [5.41, 5.74) is 1.01. The molecule has 2 aromatic rings. The zero-order chi connectivity index (χ0) is 21.5. The average molecular weight is 415 g/mol. The minimum Gasteiger partial charge on any atom is -0.493 e. The second-order valence-corrected chi connectivity index (χ2v) is 7.28.